The highest BCUT2D eigenvalue weighted by Crippen LogP contribution is 2.53. The van der Waals surface area contributed by atoms with Crippen molar-refractivity contribution in [1.82, 2.24) is 0 Å². The first-order chi connectivity index (χ1) is 33.2. The highest BCUT2D eigenvalue weighted by molar-refractivity contribution is 7.43. The molecule has 0 spiro atoms. The Kier molecular flexibility index (Phi) is 15.3. The minimum Gasteiger partial charge on any atom is -0.507 e. The molecule has 3 N–H and O–H groups in total. The smallest absolute Gasteiger partial charge is 0.507 e. The van der Waals surface area contributed by atoms with Gasteiger partial charge in [-0.15, -0.1) is 0 Å². The largest absolute Gasteiger partial charge is 0.530 e. The molecule has 7 heteroatoms. The Labute approximate surface area is 441 Å². The number of phenols is 3. The molecule has 0 amide bonds. The van der Waals surface area contributed by atoms with E-state index in [-0.39, 0.29) is 32.5 Å². The zero-order chi connectivity index (χ0) is 55.0. The lowest BCUT2D eigenvalue weighted by Gasteiger charge is -2.30. The van der Waals surface area contributed by atoms with E-state index in [4.69, 9.17) is 13.6 Å². The molecule has 0 bridgehead atoms. The second kappa shape index (κ2) is 19.7. The van der Waals surface area contributed by atoms with Gasteiger partial charge in [-0.2, -0.15) is 0 Å². The summed E-state index contributed by atoms with van der Waals surface area (Å²) in [6.45, 7) is 51.2. The third kappa shape index (κ3) is 12.2. The van der Waals surface area contributed by atoms with E-state index in [1.165, 1.54) is 0 Å². The Balaban J connectivity index is 1.60. The Morgan fingerprint density at radius 3 is 0.671 bits per heavy atom. The summed E-state index contributed by atoms with van der Waals surface area (Å²) in [5.41, 5.74) is 15.7. The van der Waals surface area contributed by atoms with Gasteiger partial charge in [-0.05, 0) is 214 Å². The van der Waals surface area contributed by atoms with E-state index in [0.717, 1.165) is 100 Å². The van der Waals surface area contributed by atoms with Crippen LogP contribution in [0.3, 0.4) is 0 Å². The SMILES string of the molecule is Cc1cc(OP(Oc2cc(C)c(-c3cc(C)c(O)c(C(C)(C)C)c3)cc2C(C)(C)C)Oc2cc(C)c(-c3cc(C)c(O)c(C(C)(C)C)c3)cc2C(C)(C)C)c(C(C)(C)C)cc1-c1cc(C)c(O)c(C(C)(C)C)c1. The van der Waals surface area contributed by atoms with Gasteiger partial charge in [0.2, 0.25) is 0 Å². The zero-order valence-corrected chi connectivity index (χ0v) is 49.8. The van der Waals surface area contributed by atoms with E-state index < -0.39 is 8.60 Å². The molecule has 0 heterocycles. The lowest BCUT2D eigenvalue weighted by molar-refractivity contribution is 0.372. The number of hydrogen-bond acceptors (Lipinski definition) is 6. The van der Waals surface area contributed by atoms with Crippen LogP contribution in [-0.2, 0) is 32.5 Å². The Morgan fingerprint density at radius 2 is 0.479 bits per heavy atom. The van der Waals surface area contributed by atoms with Crippen LogP contribution in [0.5, 0.6) is 34.5 Å². The summed E-state index contributed by atoms with van der Waals surface area (Å²) in [6, 6.07) is 25.7. The van der Waals surface area contributed by atoms with Crippen molar-refractivity contribution in [2.45, 2.75) is 199 Å². The predicted octanol–water partition coefficient (Wildman–Crippen LogP) is 19.2. The normalized spacial score (nSPS) is 12.9. The minimum atomic E-state index is -2.20. The molecule has 0 aliphatic heterocycles. The number of rotatable bonds is 9. The molecule has 0 aliphatic carbocycles. The molecule has 0 saturated carbocycles. The number of aromatic hydroxyl groups is 3. The van der Waals surface area contributed by atoms with Crippen molar-refractivity contribution in [2.24, 2.45) is 0 Å². The average molecular weight is 1010 g/mol. The highest BCUT2D eigenvalue weighted by Gasteiger charge is 2.34. The van der Waals surface area contributed by atoms with Crippen LogP contribution in [0.25, 0.3) is 33.4 Å². The molecular formula is C66H87O6P. The summed E-state index contributed by atoms with van der Waals surface area (Å²) < 4.78 is 21.9. The standard InChI is InChI=1S/C66H87O6P/c1-37-28-55(49(61(7,8)9)34-46(37)43-25-40(4)58(67)52(31-43)64(16,17)18)70-73(71-56-29-38(2)47(35-50(56)62(10,11)12)44-26-41(5)59(68)53(32-44)65(19,20)21)72-57-30-39(3)48(36-51(57)63(13,14)15)45-27-42(6)60(69)54(33-45)66(22,23)24/h25-36,67-69H,1-24H3. The fraction of sp³-hybridized carbons (Fsp3) is 0.455. The monoisotopic (exact) mass is 1010 g/mol. The van der Waals surface area contributed by atoms with Gasteiger partial charge < -0.3 is 28.9 Å². The molecule has 0 radical (unpaired) electrons. The molecule has 6 rings (SSSR count). The number of benzene rings is 6. The Morgan fingerprint density at radius 1 is 0.274 bits per heavy atom. The molecule has 6 aromatic carbocycles. The van der Waals surface area contributed by atoms with Gasteiger partial charge in [0.25, 0.3) is 0 Å². The van der Waals surface area contributed by atoms with Crippen molar-refractivity contribution in [3.8, 4) is 67.9 Å². The predicted molar refractivity (Wildman–Crippen MR) is 310 cm³/mol. The van der Waals surface area contributed by atoms with E-state index in [1.807, 2.05) is 20.8 Å². The number of hydrogen-bond donors (Lipinski definition) is 3. The Bertz CT molecular complexity index is 2740. The van der Waals surface area contributed by atoms with Gasteiger partial charge in [0, 0.05) is 33.4 Å². The summed E-state index contributed by atoms with van der Waals surface area (Å²) >= 11 is 0. The third-order valence-electron chi connectivity index (χ3n) is 14.2. The highest BCUT2D eigenvalue weighted by atomic mass is 31.2. The summed E-state index contributed by atoms with van der Waals surface area (Å²) in [7, 11) is -2.20. The van der Waals surface area contributed by atoms with Crippen LogP contribution in [-0.4, -0.2) is 15.3 Å². The molecule has 0 fully saturated rings. The van der Waals surface area contributed by atoms with Gasteiger partial charge >= 0.3 is 8.60 Å². The second-order valence-corrected chi connectivity index (χ2v) is 28.1. The molecule has 0 aromatic heterocycles. The lowest BCUT2D eigenvalue weighted by atomic mass is 9.81. The fourth-order valence-electron chi connectivity index (χ4n) is 9.78. The summed E-state index contributed by atoms with van der Waals surface area (Å²) in [5.74, 6) is 3.02. The van der Waals surface area contributed by atoms with Gasteiger partial charge in [-0.25, -0.2) is 0 Å². The summed E-state index contributed by atoms with van der Waals surface area (Å²) in [4.78, 5) is 0. The van der Waals surface area contributed by atoms with Crippen LogP contribution in [0, 0.1) is 41.5 Å². The van der Waals surface area contributed by atoms with Gasteiger partial charge in [0.15, 0.2) is 0 Å². The first-order valence-corrected chi connectivity index (χ1v) is 27.1. The minimum absolute atomic E-state index is 0.263. The molecule has 73 heavy (non-hydrogen) atoms. The third-order valence-corrected chi connectivity index (χ3v) is 15.2. The molecule has 0 unspecified atom stereocenters. The lowest BCUT2D eigenvalue weighted by Crippen LogP contribution is -2.18. The van der Waals surface area contributed by atoms with Gasteiger partial charge in [-0.1, -0.05) is 125 Å². The van der Waals surface area contributed by atoms with Crippen molar-refractivity contribution in [3.63, 3.8) is 0 Å². The first-order valence-electron chi connectivity index (χ1n) is 26.0. The second-order valence-electron chi connectivity index (χ2n) is 27.1. The van der Waals surface area contributed by atoms with Crippen LogP contribution in [0.15, 0.2) is 72.8 Å². The maximum Gasteiger partial charge on any atom is 0.530 e. The molecule has 6 nitrogen and oxygen atoms in total. The van der Waals surface area contributed by atoms with Crippen molar-refractivity contribution in [1.29, 1.82) is 0 Å². The number of aryl methyl sites for hydroxylation is 6. The van der Waals surface area contributed by atoms with Crippen LogP contribution < -0.4 is 13.6 Å². The van der Waals surface area contributed by atoms with Crippen molar-refractivity contribution in [2.75, 3.05) is 0 Å². The number of phenolic OH excluding ortho intramolecular Hbond substituents is 3. The maximum absolute atomic E-state index is 11.2. The van der Waals surface area contributed by atoms with Gasteiger partial charge in [0.1, 0.15) is 34.5 Å². The molecule has 0 saturated heterocycles. The van der Waals surface area contributed by atoms with E-state index >= 15 is 0 Å². The molecule has 0 atom stereocenters. The van der Waals surface area contributed by atoms with Gasteiger partial charge in [0.05, 0.1) is 0 Å². The van der Waals surface area contributed by atoms with Crippen LogP contribution in [0.2, 0.25) is 0 Å². The van der Waals surface area contributed by atoms with Crippen LogP contribution in [0.4, 0.5) is 0 Å². The van der Waals surface area contributed by atoms with E-state index in [2.05, 4.69) is 218 Å². The molecular weight excluding hydrogens is 920 g/mol. The van der Waals surface area contributed by atoms with Crippen molar-refractivity contribution < 1.29 is 28.9 Å². The Hall–Kier alpha value is -5.45. The van der Waals surface area contributed by atoms with Crippen LogP contribution >= 0.6 is 8.60 Å². The van der Waals surface area contributed by atoms with Crippen molar-refractivity contribution in [3.05, 3.63) is 140 Å². The average Bonchev–Trinajstić information content (AvgIpc) is 3.21. The van der Waals surface area contributed by atoms with Crippen LogP contribution in [0.1, 0.15) is 191 Å². The first kappa shape index (κ1) is 56.8. The van der Waals surface area contributed by atoms with Gasteiger partial charge in [-0.3, -0.25) is 0 Å². The molecule has 0 aliphatic rings. The quantitative estimate of drug-likeness (QED) is 0.125. The molecule has 392 valence electrons. The van der Waals surface area contributed by atoms with E-state index in [1.54, 1.807) is 0 Å². The topological polar surface area (TPSA) is 88.4 Å². The van der Waals surface area contributed by atoms with Crippen molar-refractivity contribution >= 4 is 8.60 Å². The molecule has 6 aromatic rings. The van der Waals surface area contributed by atoms with E-state index in [9.17, 15) is 15.3 Å². The summed E-state index contributed by atoms with van der Waals surface area (Å²) in [6.07, 6.45) is 0. The van der Waals surface area contributed by atoms with E-state index in [0.29, 0.717) is 34.5 Å². The fourth-order valence-corrected chi connectivity index (χ4v) is 10.8. The maximum atomic E-state index is 11.2. The zero-order valence-electron chi connectivity index (χ0n) is 48.9. The summed E-state index contributed by atoms with van der Waals surface area (Å²) in [5, 5.41) is 33.7.